The molecule has 218 valence electrons. The second kappa shape index (κ2) is 11.9. The Kier molecular flexibility index (Phi) is 8.99. The molecule has 1 aliphatic rings. The number of benzene rings is 1. The topological polar surface area (TPSA) is 46.4 Å². The molecule has 0 aliphatic carbocycles. The van der Waals surface area contributed by atoms with E-state index in [1.54, 1.807) is 12.3 Å². The maximum atomic E-state index is 13.5. The maximum Gasteiger partial charge on any atom is 0.434 e. The number of hydrogen-bond acceptors (Lipinski definition) is 5. The van der Waals surface area contributed by atoms with E-state index in [0.29, 0.717) is 12.2 Å². The van der Waals surface area contributed by atoms with E-state index < -0.39 is 19.9 Å². The van der Waals surface area contributed by atoms with Gasteiger partial charge in [-0.2, -0.15) is 13.2 Å². The van der Waals surface area contributed by atoms with Gasteiger partial charge in [0.25, 0.3) is 0 Å². The van der Waals surface area contributed by atoms with Crippen LogP contribution in [-0.2, 0) is 24.1 Å². The monoisotopic (exact) mass is 573 g/mol. The minimum Gasteiger partial charge on any atom is -0.368 e. The Bertz CT molecular complexity index is 1240. The van der Waals surface area contributed by atoms with E-state index in [-0.39, 0.29) is 18.0 Å². The molecule has 6 nitrogen and oxygen atoms in total. The van der Waals surface area contributed by atoms with E-state index in [2.05, 4.69) is 84.4 Å². The van der Waals surface area contributed by atoms with Crippen LogP contribution in [0, 0.1) is 5.41 Å². The average Bonchev–Trinajstić information content (AvgIpc) is 3.31. The van der Waals surface area contributed by atoms with Gasteiger partial charge >= 0.3 is 6.18 Å². The molecule has 3 aromatic rings. The number of alkyl halides is 3. The summed E-state index contributed by atoms with van der Waals surface area (Å²) in [5.74, 6) is 1.02. The normalized spacial score (nSPS) is 15.1. The molecule has 0 unspecified atom stereocenters. The Morgan fingerprint density at radius 3 is 2.10 bits per heavy atom. The van der Waals surface area contributed by atoms with Crippen LogP contribution < -0.4 is 9.80 Å². The van der Waals surface area contributed by atoms with Gasteiger partial charge in [-0.05, 0) is 47.7 Å². The van der Waals surface area contributed by atoms with Gasteiger partial charge in [-0.25, -0.2) is 9.97 Å². The summed E-state index contributed by atoms with van der Waals surface area (Å²) in [4.78, 5) is 13.1. The summed E-state index contributed by atoms with van der Waals surface area (Å²) in [5, 5.41) is 0. The number of halogens is 3. The fraction of sp³-hybridized carbons (Fsp3) is 0.533. The van der Waals surface area contributed by atoms with Gasteiger partial charge in [0.15, 0.2) is 5.69 Å². The van der Waals surface area contributed by atoms with Crippen molar-refractivity contribution in [2.45, 2.75) is 65.8 Å². The molecule has 0 atom stereocenters. The van der Waals surface area contributed by atoms with Crippen molar-refractivity contribution in [1.82, 2.24) is 14.5 Å². The lowest BCUT2D eigenvalue weighted by Crippen LogP contribution is -2.46. The summed E-state index contributed by atoms with van der Waals surface area (Å²) >= 11 is 0. The Morgan fingerprint density at radius 1 is 0.900 bits per heavy atom. The van der Waals surface area contributed by atoms with Gasteiger partial charge in [0, 0.05) is 64.5 Å². The molecule has 2 aromatic heterocycles. The van der Waals surface area contributed by atoms with Gasteiger partial charge in [0.2, 0.25) is 0 Å². The second-order valence-electron chi connectivity index (χ2n) is 13.0. The lowest BCUT2D eigenvalue weighted by molar-refractivity contribution is -0.141. The Labute approximate surface area is 237 Å². The molecule has 0 N–H and O–H groups in total. The third kappa shape index (κ3) is 8.33. The molecule has 1 fully saturated rings. The van der Waals surface area contributed by atoms with Crippen LogP contribution in [0.1, 0.15) is 32.0 Å². The highest BCUT2D eigenvalue weighted by Gasteiger charge is 2.35. The number of hydrogen-bond donors (Lipinski definition) is 0. The van der Waals surface area contributed by atoms with Gasteiger partial charge < -0.3 is 19.1 Å². The van der Waals surface area contributed by atoms with Crippen molar-refractivity contribution in [3.8, 4) is 11.4 Å². The van der Waals surface area contributed by atoms with Crippen LogP contribution in [0.25, 0.3) is 11.4 Å². The Hall–Kier alpha value is -2.85. The van der Waals surface area contributed by atoms with Crippen molar-refractivity contribution in [2.75, 3.05) is 42.6 Å². The lowest BCUT2D eigenvalue weighted by atomic mass is 9.88. The van der Waals surface area contributed by atoms with E-state index in [0.717, 1.165) is 50.7 Å². The van der Waals surface area contributed by atoms with Crippen LogP contribution >= 0.6 is 0 Å². The van der Waals surface area contributed by atoms with E-state index >= 15 is 0 Å². The second-order valence-corrected chi connectivity index (χ2v) is 18.7. The summed E-state index contributed by atoms with van der Waals surface area (Å²) < 4.78 is 47.5. The minimum absolute atomic E-state index is 0.0176. The number of aromatic nitrogens is 3. The van der Waals surface area contributed by atoms with Crippen LogP contribution in [0.3, 0.4) is 0 Å². The third-order valence-electron chi connectivity index (χ3n) is 6.94. The number of imidazole rings is 1. The predicted molar refractivity (Wildman–Crippen MR) is 159 cm³/mol. The zero-order chi connectivity index (χ0) is 29.1. The Morgan fingerprint density at radius 2 is 1.55 bits per heavy atom. The van der Waals surface area contributed by atoms with Gasteiger partial charge in [-0.15, -0.1) is 0 Å². The SMILES string of the molecule is CC(C)(C)Cc1ccc(N2CCN(c3ccc(-c4nc(C(F)(F)F)cn4COCC[Si](C)(C)C)cn3)CC2)cc1. The first-order valence-corrected chi connectivity index (χ1v) is 17.7. The van der Waals surface area contributed by atoms with E-state index in [1.165, 1.54) is 15.8 Å². The standard InChI is InChI=1S/C30H42F3N5OSi/c1-29(2,3)19-23-7-10-25(11-8-23)36-13-15-37(16-14-36)27-12-9-24(20-34-27)28-35-26(30(31,32)33)21-38(28)22-39-17-18-40(4,5)6/h7-12,20-21H,13-19,22H2,1-6H3. The number of rotatable bonds is 9. The molecule has 0 radical (unpaired) electrons. The molecule has 1 aliphatic heterocycles. The molecule has 0 saturated carbocycles. The van der Waals surface area contributed by atoms with Crippen molar-refractivity contribution < 1.29 is 17.9 Å². The molecule has 3 heterocycles. The molecule has 4 rings (SSSR count). The summed E-state index contributed by atoms with van der Waals surface area (Å²) in [6.07, 6.45) is -0.853. The molecule has 0 spiro atoms. The number of piperazine rings is 1. The first-order chi connectivity index (χ1) is 18.7. The van der Waals surface area contributed by atoms with Crippen molar-refractivity contribution in [2.24, 2.45) is 5.41 Å². The summed E-state index contributed by atoms with van der Waals surface area (Å²) in [6, 6.07) is 13.5. The number of pyridine rings is 1. The molecule has 1 aromatic carbocycles. The molecule has 40 heavy (non-hydrogen) atoms. The first kappa shape index (κ1) is 30.1. The van der Waals surface area contributed by atoms with Crippen LogP contribution in [0.4, 0.5) is 24.7 Å². The lowest BCUT2D eigenvalue weighted by Gasteiger charge is -2.37. The zero-order valence-corrected chi connectivity index (χ0v) is 25.6. The maximum absolute atomic E-state index is 13.5. The molecule has 1 saturated heterocycles. The van der Waals surface area contributed by atoms with E-state index in [1.807, 2.05) is 6.07 Å². The highest BCUT2D eigenvalue weighted by Crippen LogP contribution is 2.31. The fourth-order valence-corrected chi connectivity index (χ4v) is 5.52. The average molecular weight is 574 g/mol. The first-order valence-electron chi connectivity index (χ1n) is 14.0. The molecule has 10 heteroatoms. The molecular formula is C30H42F3N5OSi. The number of anilines is 2. The number of nitrogens with zero attached hydrogens (tertiary/aromatic N) is 5. The largest absolute Gasteiger partial charge is 0.434 e. The van der Waals surface area contributed by atoms with Gasteiger partial charge in [0.05, 0.1) is 0 Å². The third-order valence-corrected chi connectivity index (χ3v) is 8.64. The van der Waals surface area contributed by atoms with Crippen molar-refractivity contribution in [3.05, 3.63) is 60.0 Å². The van der Waals surface area contributed by atoms with Crippen molar-refractivity contribution >= 4 is 19.6 Å². The molecule has 0 bridgehead atoms. The quantitative estimate of drug-likeness (QED) is 0.200. The van der Waals surface area contributed by atoms with E-state index in [9.17, 15) is 13.2 Å². The highest BCUT2D eigenvalue weighted by molar-refractivity contribution is 6.76. The van der Waals surface area contributed by atoms with Crippen LogP contribution in [-0.4, -0.2) is 55.4 Å². The zero-order valence-electron chi connectivity index (χ0n) is 24.6. The molecular weight excluding hydrogens is 531 g/mol. The highest BCUT2D eigenvalue weighted by atomic mass is 28.3. The summed E-state index contributed by atoms with van der Waals surface area (Å²) in [6.45, 7) is 17.4. The van der Waals surface area contributed by atoms with Gasteiger partial charge in [-0.3, -0.25) is 0 Å². The summed E-state index contributed by atoms with van der Waals surface area (Å²) in [7, 11) is -1.30. The van der Waals surface area contributed by atoms with Crippen molar-refractivity contribution in [1.29, 1.82) is 0 Å². The van der Waals surface area contributed by atoms with Gasteiger partial charge in [-0.1, -0.05) is 52.5 Å². The van der Waals surface area contributed by atoms with Crippen LogP contribution in [0.5, 0.6) is 0 Å². The van der Waals surface area contributed by atoms with E-state index in [4.69, 9.17) is 4.74 Å². The predicted octanol–water partition coefficient (Wildman–Crippen LogP) is 7.19. The smallest absolute Gasteiger partial charge is 0.368 e. The molecule has 0 amide bonds. The van der Waals surface area contributed by atoms with Crippen LogP contribution in [0.15, 0.2) is 48.8 Å². The van der Waals surface area contributed by atoms with Crippen molar-refractivity contribution in [3.63, 3.8) is 0 Å². The number of ether oxygens (including phenoxy) is 1. The van der Waals surface area contributed by atoms with Gasteiger partial charge in [0.1, 0.15) is 18.4 Å². The minimum atomic E-state index is -4.53. The fourth-order valence-electron chi connectivity index (χ4n) is 4.76. The van der Waals surface area contributed by atoms with Crippen LogP contribution in [0.2, 0.25) is 25.7 Å². The summed E-state index contributed by atoms with van der Waals surface area (Å²) in [5.41, 5.74) is 2.43. The Balaban J connectivity index is 1.39.